The van der Waals surface area contributed by atoms with Crippen LogP contribution in [0.5, 0.6) is 0 Å². The van der Waals surface area contributed by atoms with E-state index >= 15 is 0 Å². The van der Waals surface area contributed by atoms with Crippen molar-refractivity contribution in [1.82, 2.24) is 10.6 Å². The zero-order chi connectivity index (χ0) is 15.4. The molecule has 0 saturated carbocycles. The lowest BCUT2D eigenvalue weighted by molar-refractivity contribution is -0.122. The predicted octanol–water partition coefficient (Wildman–Crippen LogP) is 3.72. The summed E-state index contributed by atoms with van der Waals surface area (Å²) in [4.78, 5) is 13.3. The lowest BCUT2D eigenvalue weighted by Crippen LogP contribution is -2.48. The summed E-state index contributed by atoms with van der Waals surface area (Å²) in [6, 6.07) is 10.00. The van der Waals surface area contributed by atoms with E-state index in [-0.39, 0.29) is 5.91 Å². The Morgan fingerprint density at radius 3 is 2.59 bits per heavy atom. The number of amides is 1. The first-order chi connectivity index (χ1) is 10.7. The lowest BCUT2D eigenvalue weighted by Gasteiger charge is -2.29. The van der Waals surface area contributed by atoms with Crippen molar-refractivity contribution >= 4 is 33.6 Å². The molecular weight excluding hydrogens is 360 g/mol. The van der Waals surface area contributed by atoms with Crippen LogP contribution >= 0.6 is 27.7 Å². The van der Waals surface area contributed by atoms with Crippen LogP contribution in [-0.4, -0.2) is 29.8 Å². The maximum atomic E-state index is 12.1. The van der Waals surface area contributed by atoms with Crippen LogP contribution in [0.4, 0.5) is 0 Å². The molecule has 120 valence electrons. The summed E-state index contributed by atoms with van der Waals surface area (Å²) in [5.41, 5.74) is 0. The molecule has 2 aliphatic rings. The Labute approximate surface area is 145 Å². The van der Waals surface area contributed by atoms with Crippen molar-refractivity contribution in [3.63, 3.8) is 0 Å². The van der Waals surface area contributed by atoms with E-state index < -0.39 is 0 Å². The lowest BCUT2D eigenvalue weighted by atomic mass is 10.00. The summed E-state index contributed by atoms with van der Waals surface area (Å²) in [6.45, 7) is 0. The molecule has 5 heteroatoms. The van der Waals surface area contributed by atoms with E-state index in [0.29, 0.717) is 24.5 Å². The number of carbonyl (C=O) groups excluding carboxylic acids is 1. The number of carbonyl (C=O) groups is 1. The average molecular weight is 383 g/mol. The number of halogens is 1. The van der Waals surface area contributed by atoms with Crippen LogP contribution in [0.3, 0.4) is 0 Å². The van der Waals surface area contributed by atoms with Gasteiger partial charge in [-0.3, -0.25) is 4.79 Å². The van der Waals surface area contributed by atoms with Crippen molar-refractivity contribution < 1.29 is 4.79 Å². The van der Waals surface area contributed by atoms with Gasteiger partial charge in [-0.05, 0) is 62.1 Å². The van der Waals surface area contributed by atoms with Gasteiger partial charge in [0.1, 0.15) is 0 Å². The molecule has 2 unspecified atom stereocenters. The number of hydrogen-bond donors (Lipinski definition) is 2. The highest BCUT2D eigenvalue weighted by molar-refractivity contribution is 9.10. The Bertz CT molecular complexity index is 496. The minimum absolute atomic E-state index is 0.225. The van der Waals surface area contributed by atoms with Crippen molar-refractivity contribution in [2.75, 3.05) is 5.75 Å². The standard InChI is InChI=1S/C17H23BrN2OS/c18-12-3-7-16(8-4-12)22-9-1-2-17(21)20-15-10-13-5-6-14(11-15)19-13/h3-4,7-8,13-15,19H,1-2,5-6,9-11H2,(H,20,21). The third kappa shape index (κ3) is 4.74. The van der Waals surface area contributed by atoms with E-state index in [1.807, 2.05) is 11.8 Å². The summed E-state index contributed by atoms with van der Waals surface area (Å²) in [5, 5.41) is 6.84. The second kappa shape index (κ2) is 7.84. The van der Waals surface area contributed by atoms with Crippen LogP contribution in [0.15, 0.2) is 33.6 Å². The molecule has 0 aromatic heterocycles. The van der Waals surface area contributed by atoms with Crippen molar-refractivity contribution in [3.8, 4) is 0 Å². The number of rotatable bonds is 6. The molecule has 2 aliphatic heterocycles. The fraction of sp³-hybridized carbons (Fsp3) is 0.588. The quantitative estimate of drug-likeness (QED) is 0.581. The molecule has 0 radical (unpaired) electrons. The van der Waals surface area contributed by atoms with E-state index in [1.54, 1.807) is 0 Å². The molecule has 2 N–H and O–H groups in total. The van der Waals surface area contributed by atoms with Gasteiger partial charge in [0.2, 0.25) is 5.91 Å². The van der Waals surface area contributed by atoms with E-state index in [9.17, 15) is 4.79 Å². The first-order valence-corrected chi connectivity index (χ1v) is 9.90. The van der Waals surface area contributed by atoms with Crippen LogP contribution in [0, 0.1) is 0 Å². The van der Waals surface area contributed by atoms with Gasteiger partial charge in [0.15, 0.2) is 0 Å². The van der Waals surface area contributed by atoms with Gasteiger partial charge in [0.05, 0.1) is 0 Å². The maximum Gasteiger partial charge on any atom is 0.220 e. The van der Waals surface area contributed by atoms with Gasteiger partial charge in [0, 0.05) is 33.9 Å². The number of hydrogen-bond acceptors (Lipinski definition) is 3. The highest BCUT2D eigenvalue weighted by atomic mass is 79.9. The molecule has 2 fully saturated rings. The summed E-state index contributed by atoms with van der Waals surface area (Å²) >= 11 is 5.26. The number of benzene rings is 1. The molecule has 0 spiro atoms. The Kier molecular flexibility index (Phi) is 5.83. The van der Waals surface area contributed by atoms with Gasteiger partial charge in [-0.15, -0.1) is 11.8 Å². The first-order valence-electron chi connectivity index (χ1n) is 8.13. The Hall–Kier alpha value is -0.520. The van der Waals surface area contributed by atoms with Gasteiger partial charge in [-0.25, -0.2) is 0 Å². The average Bonchev–Trinajstić information content (AvgIpc) is 2.84. The molecule has 22 heavy (non-hydrogen) atoms. The van der Waals surface area contributed by atoms with Crippen molar-refractivity contribution in [2.45, 2.75) is 61.5 Å². The SMILES string of the molecule is O=C(CCCSc1ccc(Br)cc1)NC1CC2CCC(C1)N2. The number of fused-ring (bicyclic) bond motifs is 2. The summed E-state index contributed by atoms with van der Waals surface area (Å²) in [7, 11) is 0. The first kappa shape index (κ1) is 16.3. The summed E-state index contributed by atoms with van der Waals surface area (Å²) in [6.07, 6.45) is 6.35. The maximum absolute atomic E-state index is 12.1. The topological polar surface area (TPSA) is 41.1 Å². The minimum Gasteiger partial charge on any atom is -0.353 e. The second-order valence-corrected chi connectivity index (χ2v) is 8.36. The third-order valence-corrected chi connectivity index (χ3v) is 6.10. The minimum atomic E-state index is 0.225. The van der Waals surface area contributed by atoms with Crippen LogP contribution < -0.4 is 10.6 Å². The molecule has 3 rings (SSSR count). The molecule has 1 aromatic carbocycles. The zero-order valence-electron chi connectivity index (χ0n) is 12.7. The van der Waals surface area contributed by atoms with Gasteiger partial charge >= 0.3 is 0 Å². The highest BCUT2D eigenvalue weighted by Crippen LogP contribution is 2.27. The normalized spacial score (nSPS) is 26.9. The van der Waals surface area contributed by atoms with E-state index in [2.05, 4.69) is 50.8 Å². The largest absolute Gasteiger partial charge is 0.353 e. The monoisotopic (exact) mass is 382 g/mol. The van der Waals surface area contributed by atoms with Crippen LogP contribution in [0.25, 0.3) is 0 Å². The highest BCUT2D eigenvalue weighted by Gasteiger charge is 2.33. The van der Waals surface area contributed by atoms with E-state index in [0.717, 1.165) is 29.5 Å². The number of thioether (sulfide) groups is 1. The smallest absolute Gasteiger partial charge is 0.220 e. The zero-order valence-corrected chi connectivity index (χ0v) is 15.1. The molecule has 2 saturated heterocycles. The predicted molar refractivity (Wildman–Crippen MR) is 95.2 cm³/mol. The molecule has 3 nitrogen and oxygen atoms in total. The molecular formula is C17H23BrN2OS. The number of piperidine rings is 1. The van der Waals surface area contributed by atoms with E-state index in [4.69, 9.17) is 0 Å². The van der Waals surface area contributed by atoms with Gasteiger partial charge in [-0.1, -0.05) is 15.9 Å². The van der Waals surface area contributed by atoms with Gasteiger partial charge < -0.3 is 10.6 Å². The van der Waals surface area contributed by atoms with Crippen LogP contribution in [0.1, 0.15) is 38.5 Å². The third-order valence-electron chi connectivity index (χ3n) is 4.47. The fourth-order valence-corrected chi connectivity index (χ4v) is 4.55. The Morgan fingerprint density at radius 2 is 1.91 bits per heavy atom. The summed E-state index contributed by atoms with van der Waals surface area (Å²) < 4.78 is 1.10. The summed E-state index contributed by atoms with van der Waals surface area (Å²) in [5.74, 6) is 1.22. The fourth-order valence-electron chi connectivity index (χ4n) is 3.43. The van der Waals surface area contributed by atoms with Gasteiger partial charge in [-0.2, -0.15) is 0 Å². The van der Waals surface area contributed by atoms with Gasteiger partial charge in [0.25, 0.3) is 0 Å². The molecule has 1 amide bonds. The molecule has 2 atom stereocenters. The second-order valence-electron chi connectivity index (χ2n) is 6.28. The number of nitrogens with one attached hydrogen (secondary N) is 2. The van der Waals surface area contributed by atoms with Crippen molar-refractivity contribution in [2.24, 2.45) is 0 Å². The van der Waals surface area contributed by atoms with Crippen LogP contribution in [0.2, 0.25) is 0 Å². The molecule has 2 bridgehead atoms. The van der Waals surface area contributed by atoms with Crippen molar-refractivity contribution in [1.29, 1.82) is 0 Å². The Balaban J connectivity index is 1.32. The molecule has 2 heterocycles. The van der Waals surface area contributed by atoms with Crippen molar-refractivity contribution in [3.05, 3.63) is 28.7 Å². The van der Waals surface area contributed by atoms with E-state index in [1.165, 1.54) is 17.7 Å². The van der Waals surface area contributed by atoms with Crippen LogP contribution in [-0.2, 0) is 4.79 Å². The molecule has 0 aliphatic carbocycles. The Morgan fingerprint density at radius 1 is 1.23 bits per heavy atom. The molecule has 1 aromatic rings.